The Bertz CT molecular complexity index is 245. The van der Waals surface area contributed by atoms with Gasteiger partial charge in [0.05, 0.1) is 12.2 Å². The zero-order valence-corrected chi connectivity index (χ0v) is 9.03. The van der Waals surface area contributed by atoms with Crippen LogP contribution in [0.5, 0.6) is 0 Å². The van der Waals surface area contributed by atoms with Crippen molar-refractivity contribution in [3.05, 3.63) is 30.3 Å². The molecule has 0 amide bonds. The predicted molar refractivity (Wildman–Crippen MR) is 61.3 cm³/mol. The van der Waals surface area contributed by atoms with Gasteiger partial charge in [0.2, 0.25) is 0 Å². The van der Waals surface area contributed by atoms with Crippen molar-refractivity contribution in [2.75, 3.05) is 6.61 Å². The Morgan fingerprint density at radius 2 is 1.73 bits per heavy atom. The standard InChI is InChI=1S/C10H14BO2.2H2O/c1-10(2,12)8-13-11-9-6-4-3-5-7-9;;/h3-7,12H,8H2,1-2H3;2*1H2. The van der Waals surface area contributed by atoms with E-state index in [1.165, 1.54) is 0 Å². The van der Waals surface area contributed by atoms with Crippen LogP contribution < -0.4 is 5.46 Å². The summed E-state index contributed by atoms with van der Waals surface area (Å²) in [7, 11) is 1.65. The Labute approximate surface area is 90.8 Å². The first-order valence-corrected chi connectivity index (χ1v) is 4.30. The lowest BCUT2D eigenvalue weighted by molar-refractivity contribution is 0.0304. The minimum absolute atomic E-state index is 0. The van der Waals surface area contributed by atoms with Crippen LogP contribution in [-0.2, 0) is 4.65 Å². The summed E-state index contributed by atoms with van der Waals surface area (Å²) in [5, 5.41) is 9.35. The van der Waals surface area contributed by atoms with Gasteiger partial charge in [0.15, 0.2) is 0 Å². The van der Waals surface area contributed by atoms with Gasteiger partial charge in [0.25, 0.3) is 0 Å². The third-order valence-corrected chi connectivity index (χ3v) is 1.46. The Balaban J connectivity index is 0. The van der Waals surface area contributed by atoms with Crippen molar-refractivity contribution in [2.45, 2.75) is 19.4 Å². The van der Waals surface area contributed by atoms with Crippen molar-refractivity contribution >= 4 is 12.9 Å². The van der Waals surface area contributed by atoms with Crippen LogP contribution in [0, 0.1) is 0 Å². The molecule has 0 aromatic heterocycles. The molecule has 0 spiro atoms. The van der Waals surface area contributed by atoms with Gasteiger partial charge in [-0.2, -0.15) is 0 Å². The van der Waals surface area contributed by atoms with Crippen molar-refractivity contribution in [1.82, 2.24) is 0 Å². The van der Waals surface area contributed by atoms with Gasteiger partial charge < -0.3 is 20.7 Å². The summed E-state index contributed by atoms with van der Waals surface area (Å²) in [5.41, 5.74) is 0.234. The summed E-state index contributed by atoms with van der Waals surface area (Å²) in [5.74, 6) is 0. The molecule has 0 unspecified atom stereocenters. The Morgan fingerprint density at radius 1 is 1.20 bits per heavy atom. The van der Waals surface area contributed by atoms with Crippen LogP contribution in [0.3, 0.4) is 0 Å². The van der Waals surface area contributed by atoms with E-state index in [9.17, 15) is 5.11 Å². The quantitative estimate of drug-likeness (QED) is 0.654. The second kappa shape index (κ2) is 7.42. The maximum atomic E-state index is 9.35. The number of rotatable bonds is 4. The molecule has 1 aromatic rings. The summed E-state index contributed by atoms with van der Waals surface area (Å²) >= 11 is 0. The molecule has 0 bridgehead atoms. The molecule has 1 aromatic carbocycles. The maximum absolute atomic E-state index is 9.35. The monoisotopic (exact) mass is 213 g/mol. The average molecular weight is 213 g/mol. The second-order valence-corrected chi connectivity index (χ2v) is 3.65. The first-order valence-electron chi connectivity index (χ1n) is 4.30. The zero-order chi connectivity index (χ0) is 9.73. The molecule has 1 radical (unpaired) electrons. The van der Waals surface area contributed by atoms with Crippen LogP contribution in [-0.4, -0.2) is 35.7 Å². The van der Waals surface area contributed by atoms with Gasteiger partial charge in [-0.05, 0) is 13.8 Å². The summed E-state index contributed by atoms with van der Waals surface area (Å²) in [6, 6.07) is 9.74. The Kier molecular flexibility index (Phi) is 8.19. The van der Waals surface area contributed by atoms with E-state index in [1.807, 2.05) is 30.3 Å². The lowest BCUT2D eigenvalue weighted by atomic mass is 9.88. The SMILES string of the molecule is CC(C)(O)CO[B]c1ccccc1.O.O. The van der Waals surface area contributed by atoms with Crippen molar-refractivity contribution in [2.24, 2.45) is 0 Å². The molecule has 4 nitrogen and oxygen atoms in total. The van der Waals surface area contributed by atoms with E-state index >= 15 is 0 Å². The van der Waals surface area contributed by atoms with Crippen LogP contribution in [0.1, 0.15) is 13.8 Å². The molecule has 0 aliphatic carbocycles. The molecule has 1 rings (SSSR count). The van der Waals surface area contributed by atoms with E-state index < -0.39 is 5.60 Å². The van der Waals surface area contributed by atoms with Gasteiger partial charge in [-0.3, -0.25) is 0 Å². The van der Waals surface area contributed by atoms with Crippen LogP contribution in [0.15, 0.2) is 30.3 Å². The predicted octanol–water partition coefficient (Wildman–Crippen LogP) is -0.931. The van der Waals surface area contributed by atoms with Crippen molar-refractivity contribution in [3.63, 3.8) is 0 Å². The number of aliphatic hydroxyl groups is 1. The fourth-order valence-electron chi connectivity index (χ4n) is 0.873. The minimum Gasteiger partial charge on any atom is -0.431 e. The molecular weight excluding hydrogens is 195 g/mol. The van der Waals surface area contributed by atoms with Gasteiger partial charge >= 0.3 is 7.48 Å². The van der Waals surface area contributed by atoms with Gasteiger partial charge in [0, 0.05) is 0 Å². The van der Waals surface area contributed by atoms with E-state index in [0.717, 1.165) is 5.46 Å². The number of hydrogen-bond acceptors (Lipinski definition) is 2. The molecule has 0 heterocycles. The first kappa shape index (κ1) is 16.6. The van der Waals surface area contributed by atoms with Crippen LogP contribution in [0.25, 0.3) is 0 Å². The summed E-state index contributed by atoms with van der Waals surface area (Å²) < 4.78 is 5.21. The molecule has 0 aliphatic heterocycles. The van der Waals surface area contributed by atoms with Crippen molar-refractivity contribution < 1.29 is 20.7 Å². The Hall–Kier alpha value is -0.875. The number of benzene rings is 1. The van der Waals surface area contributed by atoms with Crippen LogP contribution in [0.4, 0.5) is 0 Å². The summed E-state index contributed by atoms with van der Waals surface area (Å²) in [6.45, 7) is 3.74. The lowest BCUT2D eigenvalue weighted by Crippen LogP contribution is -2.30. The summed E-state index contributed by atoms with van der Waals surface area (Å²) in [6.07, 6.45) is 0. The fraction of sp³-hybridized carbons (Fsp3) is 0.400. The third kappa shape index (κ3) is 8.14. The average Bonchev–Trinajstić information content (AvgIpc) is 2.04. The molecule has 0 atom stereocenters. The van der Waals surface area contributed by atoms with Crippen molar-refractivity contribution in [1.29, 1.82) is 0 Å². The number of hydrogen-bond donors (Lipinski definition) is 1. The largest absolute Gasteiger partial charge is 0.431 e. The Morgan fingerprint density at radius 3 is 2.20 bits per heavy atom. The first-order chi connectivity index (χ1) is 6.08. The highest BCUT2D eigenvalue weighted by atomic mass is 16.4. The van der Waals surface area contributed by atoms with E-state index in [0.29, 0.717) is 6.61 Å². The normalized spacial score (nSPS) is 9.80. The molecule has 85 valence electrons. The molecule has 0 saturated heterocycles. The summed E-state index contributed by atoms with van der Waals surface area (Å²) in [4.78, 5) is 0. The van der Waals surface area contributed by atoms with Gasteiger partial charge in [0.1, 0.15) is 0 Å². The highest BCUT2D eigenvalue weighted by molar-refractivity contribution is 6.46. The topological polar surface area (TPSA) is 92.5 Å². The molecule has 0 aliphatic rings. The van der Waals surface area contributed by atoms with Crippen LogP contribution in [0.2, 0.25) is 0 Å². The fourth-order valence-corrected chi connectivity index (χ4v) is 0.873. The van der Waals surface area contributed by atoms with E-state index in [4.69, 9.17) is 4.65 Å². The smallest absolute Gasteiger partial charge is 0.330 e. The molecule has 0 fully saturated rings. The highest BCUT2D eigenvalue weighted by Crippen LogP contribution is 1.99. The van der Waals surface area contributed by atoms with E-state index in [2.05, 4.69) is 0 Å². The maximum Gasteiger partial charge on any atom is 0.330 e. The highest BCUT2D eigenvalue weighted by Gasteiger charge is 2.12. The second-order valence-electron chi connectivity index (χ2n) is 3.65. The lowest BCUT2D eigenvalue weighted by Gasteiger charge is -2.16. The molecule has 5 N–H and O–H groups in total. The zero-order valence-electron chi connectivity index (χ0n) is 9.03. The van der Waals surface area contributed by atoms with Gasteiger partial charge in [-0.25, -0.2) is 0 Å². The van der Waals surface area contributed by atoms with Crippen LogP contribution >= 0.6 is 0 Å². The third-order valence-electron chi connectivity index (χ3n) is 1.46. The van der Waals surface area contributed by atoms with E-state index in [1.54, 1.807) is 21.3 Å². The van der Waals surface area contributed by atoms with Gasteiger partial charge in [-0.15, -0.1) is 0 Å². The molecule has 0 saturated carbocycles. The molecule has 15 heavy (non-hydrogen) atoms. The van der Waals surface area contributed by atoms with Gasteiger partial charge in [-0.1, -0.05) is 35.8 Å². The van der Waals surface area contributed by atoms with Crippen molar-refractivity contribution in [3.8, 4) is 0 Å². The minimum atomic E-state index is -0.773. The van der Waals surface area contributed by atoms with E-state index in [-0.39, 0.29) is 11.0 Å². The molecular formula is C10H18BO4. The molecule has 5 heteroatoms.